The smallest absolute Gasteiger partial charge is 0.384 e. The molecule has 0 amide bonds. The minimum atomic E-state index is -4.36. The predicted octanol–water partition coefficient (Wildman–Crippen LogP) is 5.43. The largest absolute Gasteiger partial charge is 0.418 e. The summed E-state index contributed by atoms with van der Waals surface area (Å²) in [5, 5.41) is 2.89. The minimum Gasteiger partial charge on any atom is -0.384 e. The third-order valence-corrected chi connectivity index (χ3v) is 3.75. The van der Waals surface area contributed by atoms with Gasteiger partial charge in [-0.05, 0) is 42.7 Å². The van der Waals surface area contributed by atoms with Gasteiger partial charge in [0.05, 0.1) is 5.56 Å². The fourth-order valence-electron chi connectivity index (χ4n) is 2.13. The molecule has 0 bridgehead atoms. The van der Waals surface area contributed by atoms with Gasteiger partial charge in [-0.2, -0.15) is 13.2 Å². The number of hydrogen-bond acceptors (Lipinski definition) is 1. The van der Waals surface area contributed by atoms with Crippen LogP contribution in [0.1, 0.15) is 16.7 Å². The van der Waals surface area contributed by atoms with Crippen LogP contribution in [0.4, 0.5) is 18.9 Å². The van der Waals surface area contributed by atoms with Crippen molar-refractivity contribution in [2.24, 2.45) is 0 Å². The number of halogens is 4. The van der Waals surface area contributed by atoms with Gasteiger partial charge < -0.3 is 5.32 Å². The molecule has 2 rings (SSSR count). The zero-order chi connectivity index (χ0) is 15.5. The zero-order valence-electron chi connectivity index (χ0n) is 11.5. The van der Waals surface area contributed by atoms with E-state index in [1.165, 1.54) is 12.1 Å². The van der Waals surface area contributed by atoms with Crippen LogP contribution in [0.3, 0.4) is 0 Å². The standard InChI is InChI=1S/C16H15BrF3N/c1-11-4-2-3-5-12(11)8-9-21-15-10-13(17)6-7-14(15)16(18,19)20/h2-7,10,21H,8-9H2,1H3. The summed E-state index contributed by atoms with van der Waals surface area (Å²) in [5.41, 5.74) is 1.74. The Morgan fingerprint density at radius 3 is 2.48 bits per heavy atom. The van der Waals surface area contributed by atoms with Crippen LogP contribution in [0.15, 0.2) is 46.9 Å². The quantitative estimate of drug-likeness (QED) is 0.768. The summed E-state index contributed by atoms with van der Waals surface area (Å²) in [7, 11) is 0. The van der Waals surface area contributed by atoms with E-state index < -0.39 is 11.7 Å². The third-order valence-electron chi connectivity index (χ3n) is 3.26. The molecule has 5 heteroatoms. The van der Waals surface area contributed by atoms with Crippen LogP contribution in [0.2, 0.25) is 0 Å². The van der Waals surface area contributed by atoms with E-state index in [-0.39, 0.29) is 5.69 Å². The van der Waals surface area contributed by atoms with Crippen LogP contribution in [0.5, 0.6) is 0 Å². The van der Waals surface area contributed by atoms with Gasteiger partial charge in [-0.1, -0.05) is 40.2 Å². The van der Waals surface area contributed by atoms with Crippen molar-refractivity contribution in [3.8, 4) is 0 Å². The van der Waals surface area contributed by atoms with Gasteiger partial charge in [-0.3, -0.25) is 0 Å². The third kappa shape index (κ3) is 4.24. The Hall–Kier alpha value is -1.49. The summed E-state index contributed by atoms with van der Waals surface area (Å²) >= 11 is 3.20. The van der Waals surface area contributed by atoms with Crippen molar-refractivity contribution in [1.82, 2.24) is 0 Å². The Morgan fingerprint density at radius 1 is 1.10 bits per heavy atom. The first-order valence-electron chi connectivity index (χ1n) is 6.53. The molecule has 0 unspecified atom stereocenters. The maximum absolute atomic E-state index is 12.9. The van der Waals surface area contributed by atoms with Crippen molar-refractivity contribution in [3.05, 3.63) is 63.6 Å². The second-order valence-electron chi connectivity index (χ2n) is 4.79. The first-order valence-corrected chi connectivity index (χ1v) is 7.32. The van der Waals surface area contributed by atoms with Gasteiger partial charge in [-0.15, -0.1) is 0 Å². The Kier molecular flexibility index (Phi) is 4.93. The van der Waals surface area contributed by atoms with Crippen LogP contribution in [0, 0.1) is 6.92 Å². The average molecular weight is 358 g/mol. The lowest BCUT2D eigenvalue weighted by Gasteiger charge is -2.15. The number of alkyl halides is 3. The summed E-state index contributed by atoms with van der Waals surface area (Å²) in [5.74, 6) is 0. The number of nitrogens with one attached hydrogen (secondary N) is 1. The first-order chi connectivity index (χ1) is 9.88. The molecule has 2 aromatic rings. The van der Waals surface area contributed by atoms with E-state index in [0.717, 1.165) is 17.2 Å². The van der Waals surface area contributed by atoms with Crippen LogP contribution in [0.25, 0.3) is 0 Å². The molecule has 112 valence electrons. The van der Waals surface area contributed by atoms with Gasteiger partial charge in [-0.25, -0.2) is 0 Å². The molecule has 1 N–H and O–H groups in total. The molecule has 0 atom stereocenters. The molecular formula is C16H15BrF3N. The number of rotatable bonds is 4. The number of anilines is 1. The van der Waals surface area contributed by atoms with Crippen molar-refractivity contribution < 1.29 is 13.2 Å². The molecule has 0 aliphatic rings. The molecule has 2 aromatic carbocycles. The number of benzene rings is 2. The summed E-state index contributed by atoms with van der Waals surface area (Å²) in [6, 6.07) is 11.8. The Balaban J connectivity index is 2.10. The Bertz CT molecular complexity index is 623. The van der Waals surface area contributed by atoms with Crippen LogP contribution >= 0.6 is 15.9 Å². The van der Waals surface area contributed by atoms with Crippen molar-refractivity contribution in [2.75, 3.05) is 11.9 Å². The molecule has 0 spiro atoms. The molecule has 0 fully saturated rings. The van der Waals surface area contributed by atoms with Gasteiger partial charge in [0, 0.05) is 16.7 Å². The fourth-order valence-corrected chi connectivity index (χ4v) is 2.49. The van der Waals surface area contributed by atoms with Gasteiger partial charge in [0.2, 0.25) is 0 Å². The molecule has 21 heavy (non-hydrogen) atoms. The van der Waals surface area contributed by atoms with Crippen molar-refractivity contribution in [1.29, 1.82) is 0 Å². The van der Waals surface area contributed by atoms with E-state index in [1.54, 1.807) is 0 Å². The predicted molar refractivity (Wildman–Crippen MR) is 82.5 cm³/mol. The van der Waals surface area contributed by atoms with Gasteiger partial charge in [0.1, 0.15) is 0 Å². The van der Waals surface area contributed by atoms with Crippen LogP contribution in [-0.4, -0.2) is 6.54 Å². The van der Waals surface area contributed by atoms with Crippen LogP contribution < -0.4 is 5.32 Å². The molecule has 0 heterocycles. The molecule has 0 saturated heterocycles. The number of aryl methyl sites for hydroxylation is 1. The van der Waals surface area contributed by atoms with E-state index in [0.29, 0.717) is 17.4 Å². The molecular weight excluding hydrogens is 343 g/mol. The number of hydrogen-bond donors (Lipinski definition) is 1. The summed E-state index contributed by atoms with van der Waals surface area (Å²) < 4.78 is 39.4. The molecule has 0 aliphatic carbocycles. The van der Waals surface area contributed by atoms with E-state index in [1.807, 2.05) is 31.2 Å². The molecule has 0 saturated carbocycles. The maximum Gasteiger partial charge on any atom is 0.418 e. The summed E-state index contributed by atoms with van der Waals surface area (Å²) in [4.78, 5) is 0. The minimum absolute atomic E-state index is 0.102. The van der Waals surface area contributed by atoms with Gasteiger partial charge in [0.15, 0.2) is 0 Å². The lowest BCUT2D eigenvalue weighted by Crippen LogP contribution is -2.13. The molecule has 1 nitrogen and oxygen atoms in total. The highest BCUT2D eigenvalue weighted by molar-refractivity contribution is 9.10. The van der Waals surface area contributed by atoms with E-state index in [4.69, 9.17) is 0 Å². The average Bonchev–Trinajstić information content (AvgIpc) is 2.39. The Morgan fingerprint density at radius 2 is 1.81 bits per heavy atom. The highest BCUT2D eigenvalue weighted by Gasteiger charge is 2.33. The van der Waals surface area contributed by atoms with Crippen molar-refractivity contribution >= 4 is 21.6 Å². The first kappa shape index (κ1) is 15.9. The Labute approximate surface area is 130 Å². The fraction of sp³-hybridized carbons (Fsp3) is 0.250. The monoisotopic (exact) mass is 357 g/mol. The second kappa shape index (κ2) is 6.52. The lowest BCUT2D eigenvalue weighted by atomic mass is 10.1. The highest BCUT2D eigenvalue weighted by Crippen LogP contribution is 2.36. The molecule has 0 radical (unpaired) electrons. The maximum atomic E-state index is 12.9. The SMILES string of the molecule is Cc1ccccc1CCNc1cc(Br)ccc1C(F)(F)F. The van der Waals surface area contributed by atoms with Crippen LogP contribution in [-0.2, 0) is 12.6 Å². The van der Waals surface area contributed by atoms with E-state index in [9.17, 15) is 13.2 Å². The topological polar surface area (TPSA) is 12.0 Å². The second-order valence-corrected chi connectivity index (χ2v) is 5.71. The van der Waals surface area contributed by atoms with Crippen molar-refractivity contribution in [2.45, 2.75) is 19.5 Å². The highest BCUT2D eigenvalue weighted by atomic mass is 79.9. The molecule has 0 aliphatic heterocycles. The zero-order valence-corrected chi connectivity index (χ0v) is 13.1. The summed E-state index contributed by atoms with van der Waals surface area (Å²) in [6.45, 7) is 2.44. The lowest BCUT2D eigenvalue weighted by molar-refractivity contribution is -0.136. The van der Waals surface area contributed by atoms with E-state index in [2.05, 4.69) is 21.2 Å². The molecule has 0 aromatic heterocycles. The normalized spacial score (nSPS) is 11.5. The summed E-state index contributed by atoms with van der Waals surface area (Å²) in [6.07, 6.45) is -3.68. The van der Waals surface area contributed by atoms with E-state index >= 15 is 0 Å². The van der Waals surface area contributed by atoms with Gasteiger partial charge in [0.25, 0.3) is 0 Å². The van der Waals surface area contributed by atoms with Gasteiger partial charge >= 0.3 is 6.18 Å². The van der Waals surface area contributed by atoms with Crippen molar-refractivity contribution in [3.63, 3.8) is 0 Å².